The van der Waals surface area contributed by atoms with E-state index in [1.54, 1.807) is 13.0 Å². The minimum absolute atomic E-state index is 0.0111. The van der Waals surface area contributed by atoms with Gasteiger partial charge in [-0.05, 0) is 18.6 Å². The highest BCUT2D eigenvalue weighted by molar-refractivity contribution is 6.01. The highest BCUT2D eigenvalue weighted by Gasteiger charge is 2.61. The van der Waals surface area contributed by atoms with E-state index in [1.807, 2.05) is 0 Å². The zero-order valence-electron chi connectivity index (χ0n) is 12.1. The van der Waals surface area contributed by atoms with Crippen LogP contribution < -0.4 is 0 Å². The predicted octanol–water partition coefficient (Wildman–Crippen LogP) is 3.64. The first-order chi connectivity index (χ1) is 10.8. The standard InChI is InChI=1S/C17H13F3O3/c1-2-23-15(21)11-7-5-9-13-14(11)10-6-3-4-8-12(10)16(13,22)17(18,19)20/h3-9,22H,2H2,1H3. The van der Waals surface area contributed by atoms with E-state index in [0.29, 0.717) is 0 Å². The lowest BCUT2D eigenvalue weighted by atomic mass is 9.90. The molecule has 1 N–H and O–H groups in total. The first-order valence-electron chi connectivity index (χ1n) is 7.02. The quantitative estimate of drug-likeness (QED) is 0.859. The number of hydrogen-bond donors (Lipinski definition) is 1. The molecule has 0 heterocycles. The van der Waals surface area contributed by atoms with Gasteiger partial charge in [0.05, 0.1) is 12.2 Å². The maximum absolute atomic E-state index is 13.6. The highest BCUT2D eigenvalue weighted by atomic mass is 19.4. The Morgan fingerprint density at radius 2 is 1.78 bits per heavy atom. The lowest BCUT2D eigenvalue weighted by Gasteiger charge is -2.28. The summed E-state index contributed by atoms with van der Waals surface area (Å²) >= 11 is 0. The molecule has 3 rings (SSSR count). The summed E-state index contributed by atoms with van der Waals surface area (Å²) in [6.07, 6.45) is -4.92. The van der Waals surface area contributed by atoms with Crippen LogP contribution in [-0.4, -0.2) is 23.9 Å². The number of carbonyl (C=O) groups is 1. The van der Waals surface area contributed by atoms with Crippen LogP contribution in [0.4, 0.5) is 13.2 Å². The molecule has 0 radical (unpaired) electrons. The van der Waals surface area contributed by atoms with Crippen LogP contribution in [0.15, 0.2) is 42.5 Å². The van der Waals surface area contributed by atoms with Gasteiger partial charge in [0.15, 0.2) is 0 Å². The largest absolute Gasteiger partial charge is 0.462 e. The Balaban J connectivity index is 2.35. The molecule has 23 heavy (non-hydrogen) atoms. The van der Waals surface area contributed by atoms with Gasteiger partial charge in [-0.1, -0.05) is 36.4 Å². The molecular weight excluding hydrogens is 309 g/mol. The normalized spacial score (nSPS) is 19.2. The van der Waals surface area contributed by atoms with Crippen molar-refractivity contribution in [1.82, 2.24) is 0 Å². The van der Waals surface area contributed by atoms with Crippen LogP contribution >= 0.6 is 0 Å². The van der Waals surface area contributed by atoms with Crippen LogP contribution in [0.2, 0.25) is 0 Å². The molecule has 0 fully saturated rings. The Hall–Kier alpha value is -2.34. The zero-order chi connectivity index (χ0) is 16.8. The number of fused-ring (bicyclic) bond motifs is 3. The first kappa shape index (κ1) is 15.6. The molecule has 0 saturated heterocycles. The van der Waals surface area contributed by atoms with E-state index in [-0.39, 0.29) is 34.4 Å². The van der Waals surface area contributed by atoms with Crippen LogP contribution in [0.3, 0.4) is 0 Å². The smallest absolute Gasteiger partial charge is 0.425 e. The van der Waals surface area contributed by atoms with E-state index in [0.717, 1.165) is 0 Å². The molecule has 120 valence electrons. The van der Waals surface area contributed by atoms with Gasteiger partial charge in [-0.15, -0.1) is 0 Å². The first-order valence-corrected chi connectivity index (χ1v) is 7.02. The molecule has 0 saturated carbocycles. The van der Waals surface area contributed by atoms with E-state index in [1.165, 1.54) is 36.4 Å². The van der Waals surface area contributed by atoms with Crippen LogP contribution in [0, 0.1) is 0 Å². The van der Waals surface area contributed by atoms with E-state index in [2.05, 4.69) is 0 Å². The number of alkyl halides is 3. The van der Waals surface area contributed by atoms with E-state index >= 15 is 0 Å². The van der Waals surface area contributed by atoms with Gasteiger partial charge in [-0.3, -0.25) is 0 Å². The van der Waals surface area contributed by atoms with Crippen molar-refractivity contribution in [2.45, 2.75) is 18.7 Å². The number of hydrogen-bond acceptors (Lipinski definition) is 3. The second-order valence-corrected chi connectivity index (χ2v) is 5.20. The van der Waals surface area contributed by atoms with Gasteiger partial charge >= 0.3 is 12.1 Å². The molecule has 3 nitrogen and oxygen atoms in total. The molecule has 1 aliphatic rings. The molecule has 0 aliphatic heterocycles. The van der Waals surface area contributed by atoms with Crippen LogP contribution in [0.1, 0.15) is 28.4 Å². The third-order valence-electron chi connectivity index (χ3n) is 3.95. The lowest BCUT2D eigenvalue weighted by Crippen LogP contribution is -2.41. The fraction of sp³-hybridized carbons (Fsp3) is 0.235. The number of aliphatic hydroxyl groups is 1. The summed E-state index contributed by atoms with van der Waals surface area (Å²) in [5, 5.41) is 10.5. The number of rotatable bonds is 2. The summed E-state index contributed by atoms with van der Waals surface area (Å²) in [5.41, 5.74) is -3.50. The van der Waals surface area contributed by atoms with E-state index in [4.69, 9.17) is 4.74 Å². The molecule has 0 amide bonds. The SMILES string of the molecule is CCOC(=O)c1cccc2c1-c1ccccc1C2(O)C(F)(F)F. The molecule has 6 heteroatoms. The average molecular weight is 322 g/mol. The maximum Gasteiger partial charge on any atom is 0.425 e. The third kappa shape index (κ3) is 2.05. The average Bonchev–Trinajstić information content (AvgIpc) is 2.79. The number of esters is 1. The zero-order valence-corrected chi connectivity index (χ0v) is 12.1. The Kier molecular flexibility index (Phi) is 3.44. The Morgan fingerprint density at radius 1 is 1.13 bits per heavy atom. The minimum atomic E-state index is -4.92. The number of ether oxygens (including phenoxy) is 1. The topological polar surface area (TPSA) is 46.5 Å². The molecule has 1 atom stereocenters. The van der Waals surface area contributed by atoms with Crippen molar-refractivity contribution in [2.75, 3.05) is 6.61 Å². The molecule has 0 spiro atoms. The second-order valence-electron chi connectivity index (χ2n) is 5.20. The Morgan fingerprint density at radius 3 is 2.43 bits per heavy atom. The maximum atomic E-state index is 13.6. The fourth-order valence-corrected chi connectivity index (χ4v) is 2.99. The Bertz CT molecular complexity index is 783. The van der Waals surface area contributed by atoms with Gasteiger partial charge in [0.1, 0.15) is 0 Å². The van der Waals surface area contributed by atoms with Crippen LogP contribution in [0.5, 0.6) is 0 Å². The third-order valence-corrected chi connectivity index (χ3v) is 3.95. The summed E-state index contributed by atoms with van der Waals surface area (Å²) in [7, 11) is 0. The van der Waals surface area contributed by atoms with Gasteiger partial charge in [-0.2, -0.15) is 13.2 Å². The van der Waals surface area contributed by atoms with Gasteiger partial charge in [0.25, 0.3) is 0 Å². The van der Waals surface area contributed by atoms with Crippen LogP contribution in [0.25, 0.3) is 11.1 Å². The van der Waals surface area contributed by atoms with Crippen LogP contribution in [-0.2, 0) is 10.3 Å². The van der Waals surface area contributed by atoms with E-state index in [9.17, 15) is 23.1 Å². The summed E-state index contributed by atoms with van der Waals surface area (Å²) in [5.74, 6) is -0.717. The molecule has 2 aromatic carbocycles. The monoisotopic (exact) mass is 322 g/mol. The molecule has 0 bridgehead atoms. The van der Waals surface area contributed by atoms with Crippen molar-refractivity contribution >= 4 is 5.97 Å². The van der Waals surface area contributed by atoms with Gasteiger partial charge in [-0.25, -0.2) is 4.79 Å². The Labute approximate surface area is 130 Å². The molecule has 0 aromatic heterocycles. The number of carbonyl (C=O) groups excluding carboxylic acids is 1. The molecular formula is C17H13F3O3. The fourth-order valence-electron chi connectivity index (χ4n) is 2.99. The predicted molar refractivity (Wildman–Crippen MR) is 76.9 cm³/mol. The van der Waals surface area contributed by atoms with E-state index < -0.39 is 17.7 Å². The van der Waals surface area contributed by atoms with Crippen molar-refractivity contribution in [3.63, 3.8) is 0 Å². The lowest BCUT2D eigenvalue weighted by molar-refractivity contribution is -0.246. The van der Waals surface area contributed by atoms with Crippen molar-refractivity contribution in [1.29, 1.82) is 0 Å². The summed E-state index contributed by atoms with van der Waals surface area (Å²) < 4.78 is 45.8. The number of benzene rings is 2. The summed E-state index contributed by atoms with van der Waals surface area (Å²) in [4.78, 5) is 12.1. The van der Waals surface area contributed by atoms with Gasteiger partial charge in [0.2, 0.25) is 5.60 Å². The minimum Gasteiger partial charge on any atom is -0.462 e. The number of halogens is 3. The van der Waals surface area contributed by atoms with Crippen molar-refractivity contribution in [3.8, 4) is 11.1 Å². The van der Waals surface area contributed by atoms with Gasteiger partial charge < -0.3 is 9.84 Å². The van der Waals surface area contributed by atoms with Crippen molar-refractivity contribution in [2.24, 2.45) is 0 Å². The molecule has 1 aliphatic carbocycles. The van der Waals surface area contributed by atoms with Gasteiger partial charge in [0, 0.05) is 16.7 Å². The molecule has 2 aromatic rings. The highest BCUT2D eigenvalue weighted by Crippen LogP contribution is 2.55. The van der Waals surface area contributed by atoms with Crippen molar-refractivity contribution in [3.05, 3.63) is 59.2 Å². The van der Waals surface area contributed by atoms with Crippen molar-refractivity contribution < 1.29 is 27.8 Å². The second kappa shape index (κ2) is 5.09. The molecule has 1 unspecified atom stereocenters. The summed E-state index contributed by atoms with van der Waals surface area (Å²) in [6, 6.07) is 9.56. The summed E-state index contributed by atoms with van der Waals surface area (Å²) in [6.45, 7) is 1.72.